The second kappa shape index (κ2) is 5.53. The molecule has 0 radical (unpaired) electrons. The summed E-state index contributed by atoms with van der Waals surface area (Å²) >= 11 is 1.08. The SMILES string of the molecule is CCC(SC1CC(=O)N(C(C)C)C1=O)C(=O)O. The van der Waals surface area contributed by atoms with Crippen LogP contribution >= 0.6 is 11.8 Å². The van der Waals surface area contributed by atoms with Gasteiger partial charge < -0.3 is 5.11 Å². The number of carboxylic acids is 1. The van der Waals surface area contributed by atoms with Crippen LogP contribution in [0.25, 0.3) is 0 Å². The lowest BCUT2D eigenvalue weighted by molar-refractivity contribution is -0.140. The molecule has 1 aliphatic heterocycles. The first-order valence-electron chi connectivity index (χ1n) is 5.62. The summed E-state index contributed by atoms with van der Waals surface area (Å²) in [7, 11) is 0. The highest BCUT2D eigenvalue weighted by Gasteiger charge is 2.41. The number of amides is 2. The van der Waals surface area contributed by atoms with Crippen LogP contribution in [0.5, 0.6) is 0 Å². The average molecular weight is 259 g/mol. The maximum atomic E-state index is 11.9. The molecule has 1 rings (SSSR count). The first kappa shape index (κ1) is 14.0. The van der Waals surface area contributed by atoms with Crippen molar-refractivity contribution >= 4 is 29.5 Å². The number of imide groups is 1. The van der Waals surface area contributed by atoms with Crippen LogP contribution in [-0.4, -0.2) is 44.3 Å². The van der Waals surface area contributed by atoms with Crippen molar-refractivity contribution in [2.24, 2.45) is 0 Å². The molecule has 0 aliphatic carbocycles. The topological polar surface area (TPSA) is 74.7 Å². The summed E-state index contributed by atoms with van der Waals surface area (Å²) in [6.07, 6.45) is 0.561. The highest BCUT2D eigenvalue weighted by Crippen LogP contribution is 2.30. The first-order chi connectivity index (χ1) is 7.88. The van der Waals surface area contributed by atoms with Crippen LogP contribution in [0.15, 0.2) is 0 Å². The van der Waals surface area contributed by atoms with Crippen molar-refractivity contribution in [1.29, 1.82) is 0 Å². The molecule has 0 spiro atoms. The second-order valence-corrected chi connectivity index (χ2v) is 5.67. The average Bonchev–Trinajstić information content (AvgIpc) is 2.49. The Morgan fingerprint density at radius 2 is 2.12 bits per heavy atom. The van der Waals surface area contributed by atoms with Gasteiger partial charge in [0.05, 0.1) is 5.25 Å². The number of thioether (sulfide) groups is 1. The largest absolute Gasteiger partial charge is 0.480 e. The number of hydrogen-bond acceptors (Lipinski definition) is 4. The Kier molecular flexibility index (Phi) is 4.56. The van der Waals surface area contributed by atoms with E-state index in [1.54, 1.807) is 20.8 Å². The van der Waals surface area contributed by atoms with Crippen LogP contribution in [0.4, 0.5) is 0 Å². The van der Waals surface area contributed by atoms with E-state index in [2.05, 4.69) is 0 Å². The number of rotatable bonds is 5. The molecule has 2 atom stereocenters. The molecule has 1 fully saturated rings. The zero-order valence-corrected chi connectivity index (χ0v) is 11.0. The Hall–Kier alpha value is -1.04. The van der Waals surface area contributed by atoms with Crippen molar-refractivity contribution in [3.8, 4) is 0 Å². The molecule has 0 saturated carbocycles. The van der Waals surface area contributed by atoms with Gasteiger partial charge >= 0.3 is 5.97 Å². The third-order valence-corrected chi connectivity index (χ3v) is 4.19. The van der Waals surface area contributed by atoms with Crippen LogP contribution in [0.1, 0.15) is 33.6 Å². The van der Waals surface area contributed by atoms with E-state index >= 15 is 0 Å². The maximum Gasteiger partial charge on any atom is 0.316 e. The lowest BCUT2D eigenvalue weighted by Crippen LogP contribution is -2.37. The molecule has 6 heteroatoms. The molecule has 1 N–H and O–H groups in total. The van der Waals surface area contributed by atoms with Crippen molar-refractivity contribution in [2.45, 2.75) is 50.2 Å². The normalized spacial score (nSPS) is 22.4. The second-order valence-electron chi connectivity index (χ2n) is 4.26. The predicted molar refractivity (Wildman–Crippen MR) is 64.7 cm³/mol. The number of aliphatic carboxylic acids is 1. The minimum Gasteiger partial charge on any atom is -0.480 e. The van der Waals surface area contributed by atoms with E-state index < -0.39 is 16.5 Å². The van der Waals surface area contributed by atoms with Gasteiger partial charge in [0, 0.05) is 12.5 Å². The molecular weight excluding hydrogens is 242 g/mol. The minimum absolute atomic E-state index is 0.117. The lowest BCUT2D eigenvalue weighted by atomic mass is 10.3. The molecule has 0 aromatic heterocycles. The Labute approximate surface area is 105 Å². The zero-order chi connectivity index (χ0) is 13.2. The van der Waals surface area contributed by atoms with E-state index in [1.165, 1.54) is 4.90 Å². The summed E-state index contributed by atoms with van der Waals surface area (Å²) in [5.74, 6) is -1.39. The summed E-state index contributed by atoms with van der Waals surface area (Å²) in [6, 6.07) is -0.162. The number of likely N-dealkylation sites (tertiary alicyclic amines) is 1. The van der Waals surface area contributed by atoms with Gasteiger partial charge in [-0.3, -0.25) is 19.3 Å². The number of carboxylic acid groups (broad SMARTS) is 1. The van der Waals surface area contributed by atoms with E-state index in [0.29, 0.717) is 6.42 Å². The van der Waals surface area contributed by atoms with Crippen molar-refractivity contribution in [3.63, 3.8) is 0 Å². The first-order valence-corrected chi connectivity index (χ1v) is 6.56. The smallest absolute Gasteiger partial charge is 0.316 e. The quantitative estimate of drug-likeness (QED) is 0.749. The minimum atomic E-state index is -0.930. The fourth-order valence-electron chi connectivity index (χ4n) is 1.80. The van der Waals surface area contributed by atoms with E-state index in [-0.39, 0.29) is 24.3 Å². The molecule has 0 aromatic carbocycles. The predicted octanol–water partition coefficient (Wildman–Crippen LogP) is 1.12. The summed E-state index contributed by atoms with van der Waals surface area (Å²) < 4.78 is 0. The molecule has 0 aromatic rings. The maximum absolute atomic E-state index is 11.9. The van der Waals surface area contributed by atoms with E-state index in [1.807, 2.05) is 0 Å². The van der Waals surface area contributed by atoms with Gasteiger partial charge in [0.1, 0.15) is 5.25 Å². The summed E-state index contributed by atoms with van der Waals surface area (Å²) in [5.41, 5.74) is 0. The molecule has 1 heterocycles. The Morgan fingerprint density at radius 1 is 1.53 bits per heavy atom. The third-order valence-electron chi connectivity index (χ3n) is 2.63. The standard InChI is InChI=1S/C11H17NO4S/c1-4-7(11(15)16)17-8-5-9(13)12(6(2)3)10(8)14/h6-8H,4-5H2,1-3H3,(H,15,16). The summed E-state index contributed by atoms with van der Waals surface area (Å²) in [6.45, 7) is 5.31. The molecule has 5 nitrogen and oxygen atoms in total. The number of nitrogens with zero attached hydrogens (tertiary/aromatic N) is 1. The zero-order valence-electron chi connectivity index (χ0n) is 10.2. The van der Waals surface area contributed by atoms with Crippen LogP contribution < -0.4 is 0 Å². The van der Waals surface area contributed by atoms with Crippen molar-refractivity contribution in [3.05, 3.63) is 0 Å². The van der Waals surface area contributed by atoms with Gasteiger partial charge in [0.25, 0.3) is 0 Å². The fourth-order valence-corrected chi connectivity index (χ4v) is 2.97. The van der Waals surface area contributed by atoms with Gasteiger partial charge in [0.15, 0.2) is 0 Å². The highest BCUT2D eigenvalue weighted by atomic mass is 32.2. The van der Waals surface area contributed by atoms with E-state index in [9.17, 15) is 14.4 Å². The van der Waals surface area contributed by atoms with Gasteiger partial charge in [-0.25, -0.2) is 0 Å². The van der Waals surface area contributed by atoms with Crippen LogP contribution in [0.3, 0.4) is 0 Å². The third kappa shape index (κ3) is 3.00. The van der Waals surface area contributed by atoms with Crippen molar-refractivity contribution in [2.75, 3.05) is 0 Å². The molecule has 2 unspecified atom stereocenters. The highest BCUT2D eigenvalue weighted by molar-refractivity contribution is 8.01. The van der Waals surface area contributed by atoms with Gasteiger partial charge in [-0.15, -0.1) is 11.8 Å². The van der Waals surface area contributed by atoms with E-state index in [0.717, 1.165) is 11.8 Å². The van der Waals surface area contributed by atoms with Gasteiger partial charge in [-0.1, -0.05) is 6.92 Å². The Bertz CT molecular complexity index is 342. The Morgan fingerprint density at radius 3 is 2.47 bits per heavy atom. The summed E-state index contributed by atoms with van der Waals surface area (Å²) in [5, 5.41) is 7.77. The molecule has 2 amide bonds. The van der Waals surface area contributed by atoms with Crippen LogP contribution in [0, 0.1) is 0 Å². The van der Waals surface area contributed by atoms with Gasteiger partial charge in [-0.05, 0) is 20.3 Å². The monoisotopic (exact) mass is 259 g/mol. The van der Waals surface area contributed by atoms with Gasteiger partial charge in [-0.2, -0.15) is 0 Å². The number of hydrogen-bond donors (Lipinski definition) is 1. The van der Waals surface area contributed by atoms with E-state index in [4.69, 9.17) is 5.11 Å². The molecule has 1 aliphatic rings. The molecule has 1 saturated heterocycles. The van der Waals surface area contributed by atoms with Crippen LogP contribution in [0.2, 0.25) is 0 Å². The van der Waals surface area contributed by atoms with Gasteiger partial charge in [0.2, 0.25) is 11.8 Å². The molecule has 17 heavy (non-hydrogen) atoms. The molecular formula is C11H17NO4S. The number of carbonyl (C=O) groups is 3. The Balaban J connectivity index is 2.72. The molecule has 96 valence electrons. The fraction of sp³-hybridized carbons (Fsp3) is 0.727. The van der Waals surface area contributed by atoms with Crippen LogP contribution in [-0.2, 0) is 14.4 Å². The number of carbonyl (C=O) groups excluding carboxylic acids is 2. The molecule has 0 bridgehead atoms. The summed E-state index contributed by atoms with van der Waals surface area (Å²) in [4.78, 5) is 35.7. The van der Waals surface area contributed by atoms with Crippen molar-refractivity contribution in [1.82, 2.24) is 4.90 Å². The lowest BCUT2D eigenvalue weighted by Gasteiger charge is -2.19. The van der Waals surface area contributed by atoms with Crippen molar-refractivity contribution < 1.29 is 19.5 Å².